The van der Waals surface area contributed by atoms with Crippen LogP contribution >= 0.6 is 0 Å². The Bertz CT molecular complexity index is 299. The summed E-state index contributed by atoms with van der Waals surface area (Å²) in [5, 5.41) is 8.60. The lowest BCUT2D eigenvalue weighted by atomic mass is 9.72. The fraction of sp³-hybridized carbons (Fsp3) is 0.667. The number of hydrogen-bond acceptors (Lipinski definition) is 2. The molecule has 0 aliphatic heterocycles. The Morgan fingerprint density at radius 1 is 1.44 bits per heavy atom. The van der Waals surface area contributed by atoms with Gasteiger partial charge in [0.1, 0.15) is 0 Å². The van der Waals surface area contributed by atoms with Crippen molar-refractivity contribution in [3.05, 3.63) is 12.2 Å². The normalized spacial score (nSPS) is 24.2. The number of hydrogen-bond donors (Lipinski definition) is 2. The molecule has 1 aliphatic rings. The van der Waals surface area contributed by atoms with Gasteiger partial charge >= 0.3 is 5.97 Å². The standard InChI is InChI=1S/C12H19NO3/c13-10(14)9-12(6-2-1-3-7-12)8-4-5-11(15)16/h2,6H,1,3-5,7-9H2,(H2,13,14)(H,15,16)/t12-/m1/s1. The molecule has 3 N–H and O–H groups in total. The highest BCUT2D eigenvalue weighted by Gasteiger charge is 2.30. The van der Waals surface area contributed by atoms with E-state index in [1.807, 2.05) is 0 Å². The zero-order chi connectivity index (χ0) is 12.0. The molecule has 0 radical (unpaired) electrons. The number of rotatable bonds is 6. The predicted molar refractivity (Wildman–Crippen MR) is 60.7 cm³/mol. The van der Waals surface area contributed by atoms with Crippen LogP contribution < -0.4 is 5.73 Å². The maximum absolute atomic E-state index is 11.0. The van der Waals surface area contributed by atoms with Crippen LogP contribution in [0.1, 0.15) is 44.9 Å². The maximum Gasteiger partial charge on any atom is 0.303 e. The number of aliphatic carboxylic acids is 1. The fourth-order valence-electron chi connectivity index (χ4n) is 2.37. The zero-order valence-electron chi connectivity index (χ0n) is 9.45. The minimum atomic E-state index is -0.783. The summed E-state index contributed by atoms with van der Waals surface area (Å²) in [6.45, 7) is 0. The highest BCUT2D eigenvalue weighted by Crippen LogP contribution is 2.39. The first-order valence-electron chi connectivity index (χ1n) is 5.72. The Morgan fingerprint density at radius 3 is 2.69 bits per heavy atom. The van der Waals surface area contributed by atoms with Crippen LogP contribution in [-0.4, -0.2) is 17.0 Å². The van der Waals surface area contributed by atoms with Crippen molar-refractivity contribution in [1.29, 1.82) is 0 Å². The molecule has 0 unspecified atom stereocenters. The molecular formula is C12H19NO3. The molecule has 1 amide bonds. The van der Waals surface area contributed by atoms with Crippen molar-refractivity contribution in [2.75, 3.05) is 0 Å². The predicted octanol–water partition coefficient (Wildman–Crippen LogP) is 1.84. The van der Waals surface area contributed by atoms with Crippen molar-refractivity contribution < 1.29 is 14.7 Å². The summed E-state index contributed by atoms with van der Waals surface area (Å²) in [5.41, 5.74) is 5.07. The largest absolute Gasteiger partial charge is 0.481 e. The SMILES string of the molecule is NC(=O)C[C@]1(CCCC(=O)O)C=CCCC1. The molecular weight excluding hydrogens is 206 g/mol. The Hall–Kier alpha value is -1.32. The van der Waals surface area contributed by atoms with Crippen LogP contribution in [0.15, 0.2) is 12.2 Å². The third kappa shape index (κ3) is 4.04. The average Bonchev–Trinajstić information content (AvgIpc) is 2.17. The molecule has 0 aromatic heterocycles. The van der Waals surface area contributed by atoms with Crippen LogP contribution in [0, 0.1) is 5.41 Å². The number of amides is 1. The molecule has 1 rings (SSSR count). The Labute approximate surface area is 95.5 Å². The first kappa shape index (κ1) is 12.7. The lowest BCUT2D eigenvalue weighted by molar-refractivity contribution is -0.137. The third-order valence-corrected chi connectivity index (χ3v) is 3.11. The molecule has 0 bridgehead atoms. The second kappa shape index (κ2) is 5.68. The van der Waals surface area contributed by atoms with Crippen molar-refractivity contribution in [1.82, 2.24) is 0 Å². The molecule has 4 heteroatoms. The Balaban J connectivity index is 2.56. The summed E-state index contributed by atoms with van der Waals surface area (Å²) < 4.78 is 0. The van der Waals surface area contributed by atoms with Crippen LogP contribution in [0.5, 0.6) is 0 Å². The van der Waals surface area contributed by atoms with Crippen molar-refractivity contribution in [2.45, 2.75) is 44.9 Å². The van der Waals surface area contributed by atoms with Crippen molar-refractivity contribution in [3.63, 3.8) is 0 Å². The van der Waals surface area contributed by atoms with E-state index < -0.39 is 5.97 Å². The van der Waals surface area contributed by atoms with Crippen LogP contribution in [-0.2, 0) is 9.59 Å². The molecule has 0 saturated carbocycles. The second-order valence-corrected chi connectivity index (χ2v) is 4.55. The second-order valence-electron chi connectivity index (χ2n) is 4.55. The summed E-state index contributed by atoms with van der Waals surface area (Å²) in [7, 11) is 0. The maximum atomic E-state index is 11.0. The molecule has 0 aromatic carbocycles. The minimum absolute atomic E-state index is 0.161. The van der Waals surface area contributed by atoms with Crippen LogP contribution in [0.2, 0.25) is 0 Å². The van der Waals surface area contributed by atoms with E-state index in [0.29, 0.717) is 12.8 Å². The molecule has 1 aliphatic carbocycles. The smallest absolute Gasteiger partial charge is 0.303 e. The van der Waals surface area contributed by atoms with Crippen LogP contribution in [0.4, 0.5) is 0 Å². The number of carbonyl (C=O) groups excluding carboxylic acids is 1. The van der Waals surface area contributed by atoms with Gasteiger partial charge < -0.3 is 10.8 Å². The lowest BCUT2D eigenvalue weighted by Gasteiger charge is -2.32. The molecule has 0 spiro atoms. The molecule has 4 nitrogen and oxygen atoms in total. The molecule has 0 saturated heterocycles. The summed E-state index contributed by atoms with van der Waals surface area (Å²) in [6.07, 6.45) is 9.00. The van der Waals surface area contributed by atoms with Gasteiger partial charge in [-0.05, 0) is 37.5 Å². The topological polar surface area (TPSA) is 80.4 Å². The monoisotopic (exact) mass is 225 g/mol. The van der Waals surface area contributed by atoms with Gasteiger partial charge in [0.05, 0.1) is 0 Å². The van der Waals surface area contributed by atoms with E-state index >= 15 is 0 Å². The number of carboxylic acids is 1. The number of carbonyl (C=O) groups is 2. The van der Waals surface area contributed by atoms with E-state index in [4.69, 9.17) is 10.8 Å². The quantitative estimate of drug-likeness (QED) is 0.677. The molecule has 0 fully saturated rings. The summed E-state index contributed by atoms with van der Waals surface area (Å²) in [4.78, 5) is 21.5. The average molecular weight is 225 g/mol. The summed E-state index contributed by atoms with van der Waals surface area (Å²) >= 11 is 0. The van der Waals surface area contributed by atoms with Crippen LogP contribution in [0.3, 0.4) is 0 Å². The highest BCUT2D eigenvalue weighted by atomic mass is 16.4. The molecule has 16 heavy (non-hydrogen) atoms. The van der Waals surface area contributed by atoms with E-state index in [1.165, 1.54) is 0 Å². The van der Waals surface area contributed by atoms with E-state index in [0.717, 1.165) is 25.7 Å². The van der Waals surface area contributed by atoms with Gasteiger partial charge in [0.25, 0.3) is 0 Å². The number of primary amides is 1. The van der Waals surface area contributed by atoms with Gasteiger partial charge in [-0.3, -0.25) is 9.59 Å². The lowest BCUT2D eigenvalue weighted by Crippen LogP contribution is -2.28. The molecule has 0 aromatic rings. The Kier molecular flexibility index (Phi) is 4.52. The third-order valence-electron chi connectivity index (χ3n) is 3.11. The number of allylic oxidation sites excluding steroid dienone is 2. The summed E-state index contributed by atoms with van der Waals surface area (Å²) in [5.74, 6) is -1.09. The van der Waals surface area contributed by atoms with Gasteiger partial charge in [-0.1, -0.05) is 12.2 Å². The highest BCUT2D eigenvalue weighted by molar-refractivity contribution is 5.75. The minimum Gasteiger partial charge on any atom is -0.481 e. The van der Waals surface area contributed by atoms with Gasteiger partial charge in [0.2, 0.25) is 5.91 Å². The van der Waals surface area contributed by atoms with Gasteiger partial charge in [0.15, 0.2) is 0 Å². The van der Waals surface area contributed by atoms with Crippen molar-refractivity contribution in [3.8, 4) is 0 Å². The van der Waals surface area contributed by atoms with E-state index in [2.05, 4.69) is 12.2 Å². The zero-order valence-corrected chi connectivity index (χ0v) is 9.45. The van der Waals surface area contributed by atoms with Crippen molar-refractivity contribution >= 4 is 11.9 Å². The summed E-state index contributed by atoms with van der Waals surface area (Å²) in [6, 6.07) is 0. The molecule has 90 valence electrons. The van der Waals surface area contributed by atoms with Gasteiger partial charge in [-0.2, -0.15) is 0 Å². The number of carboxylic acid groups (broad SMARTS) is 1. The van der Waals surface area contributed by atoms with Crippen LogP contribution in [0.25, 0.3) is 0 Å². The first-order valence-corrected chi connectivity index (χ1v) is 5.72. The number of nitrogens with two attached hydrogens (primary N) is 1. The van der Waals surface area contributed by atoms with E-state index in [-0.39, 0.29) is 17.7 Å². The van der Waals surface area contributed by atoms with E-state index in [9.17, 15) is 9.59 Å². The van der Waals surface area contributed by atoms with Crippen molar-refractivity contribution in [2.24, 2.45) is 11.1 Å². The Morgan fingerprint density at radius 2 is 2.19 bits per heavy atom. The van der Waals surface area contributed by atoms with Gasteiger partial charge in [0, 0.05) is 12.8 Å². The van der Waals surface area contributed by atoms with Gasteiger partial charge in [-0.25, -0.2) is 0 Å². The molecule has 0 heterocycles. The van der Waals surface area contributed by atoms with Gasteiger partial charge in [-0.15, -0.1) is 0 Å². The molecule has 1 atom stereocenters. The first-order chi connectivity index (χ1) is 7.54. The van der Waals surface area contributed by atoms with E-state index in [1.54, 1.807) is 0 Å². The fourth-order valence-corrected chi connectivity index (χ4v) is 2.37.